The molecule has 4 atom stereocenters. The van der Waals surface area contributed by atoms with Crippen molar-refractivity contribution in [3.63, 3.8) is 0 Å². The molecule has 0 aliphatic rings. The molecule has 0 bridgehead atoms. The van der Waals surface area contributed by atoms with Crippen LogP contribution in [0.5, 0.6) is 0 Å². The number of carbonyl (C=O) groups is 4. The number of aliphatic hydroxyl groups excluding tert-OH is 1. The minimum Gasteiger partial charge on any atom is -0.465 e. The molecule has 0 radical (unpaired) electrons. The summed E-state index contributed by atoms with van der Waals surface area (Å²) in [5.74, 6) is -2.82. The van der Waals surface area contributed by atoms with Crippen LogP contribution < -0.4 is 26.8 Å². The van der Waals surface area contributed by atoms with Crippen LogP contribution in [-0.4, -0.2) is 84.5 Å². The quantitative estimate of drug-likeness (QED) is 0.0913. The third-order valence-corrected chi connectivity index (χ3v) is 7.55. The molecular formula is C25H34F6IN5O7. The topological polar surface area (TPSA) is 178 Å². The molecule has 0 saturated carbocycles. The monoisotopic (exact) mass is 757 g/mol. The molecule has 0 spiro atoms. The third kappa shape index (κ3) is 10.5. The summed E-state index contributed by atoms with van der Waals surface area (Å²) in [4.78, 5) is 48.6. The highest BCUT2D eigenvalue weighted by Gasteiger charge is 2.57. The first-order valence-corrected chi connectivity index (χ1v) is 13.8. The number of nitrogens with one attached hydrogen (secondary N) is 5. The second kappa shape index (κ2) is 15.3. The van der Waals surface area contributed by atoms with Gasteiger partial charge in [-0.15, -0.1) is 0 Å². The van der Waals surface area contributed by atoms with Crippen molar-refractivity contribution < 1.29 is 60.5 Å². The zero-order valence-corrected chi connectivity index (χ0v) is 26.3. The van der Waals surface area contributed by atoms with Crippen molar-refractivity contribution in [3.05, 3.63) is 33.4 Å². The first kappa shape index (κ1) is 39.0. The van der Waals surface area contributed by atoms with Gasteiger partial charge in [0.1, 0.15) is 12.1 Å². The number of methoxy groups -OCH3 is 1. The average Bonchev–Trinajstić information content (AvgIpc) is 2.89. The Bertz CT molecular complexity index is 1170. The summed E-state index contributed by atoms with van der Waals surface area (Å²) in [6.45, 7) is 1.85. The van der Waals surface area contributed by atoms with E-state index in [1.54, 1.807) is 34.9 Å². The van der Waals surface area contributed by atoms with E-state index in [-0.39, 0.29) is 6.42 Å². The number of hydrogen-bond acceptors (Lipinski definition) is 7. The molecule has 12 nitrogen and oxygen atoms in total. The molecule has 7 N–H and O–H groups in total. The van der Waals surface area contributed by atoms with E-state index in [1.165, 1.54) is 0 Å². The lowest BCUT2D eigenvalue weighted by Crippen LogP contribution is -2.63. The lowest BCUT2D eigenvalue weighted by Gasteiger charge is -2.36. The summed E-state index contributed by atoms with van der Waals surface area (Å²) in [5.41, 5.74) is -1.09. The largest absolute Gasteiger partial charge is 0.465 e. The van der Waals surface area contributed by atoms with E-state index in [1.807, 2.05) is 28.0 Å². The van der Waals surface area contributed by atoms with Gasteiger partial charge in [0.15, 0.2) is 0 Å². The molecule has 0 fully saturated rings. The van der Waals surface area contributed by atoms with Gasteiger partial charge in [-0.25, -0.2) is 15.0 Å². The van der Waals surface area contributed by atoms with Crippen molar-refractivity contribution in [3.8, 4) is 0 Å². The number of carbonyl (C=O) groups excluding carboxylic acids is 3. The summed E-state index contributed by atoms with van der Waals surface area (Å²) < 4.78 is 87.1. The smallest absolute Gasteiger partial charge is 0.407 e. The molecule has 0 aliphatic carbocycles. The number of rotatable bonds is 13. The van der Waals surface area contributed by atoms with Gasteiger partial charge in [0.2, 0.25) is 5.91 Å². The van der Waals surface area contributed by atoms with Gasteiger partial charge in [0, 0.05) is 10.1 Å². The van der Waals surface area contributed by atoms with E-state index in [2.05, 4.69) is 15.5 Å². The maximum atomic E-state index is 13.7. The van der Waals surface area contributed by atoms with Crippen molar-refractivity contribution in [1.29, 1.82) is 0 Å². The highest BCUT2D eigenvalue weighted by Crippen LogP contribution is 2.41. The summed E-state index contributed by atoms with van der Waals surface area (Å²) in [6, 6.07) is 0.555. The molecule has 0 saturated heterocycles. The fraction of sp³-hybridized carbons (Fsp3) is 0.600. The first-order valence-electron chi connectivity index (χ1n) is 12.7. The van der Waals surface area contributed by atoms with Gasteiger partial charge in [0.05, 0.1) is 30.1 Å². The molecule has 0 aliphatic heterocycles. The second-order valence-electron chi connectivity index (χ2n) is 10.8. The summed E-state index contributed by atoms with van der Waals surface area (Å²) >= 11 is 2.00. The first-order chi connectivity index (χ1) is 19.9. The van der Waals surface area contributed by atoms with Crippen LogP contribution in [0.2, 0.25) is 0 Å². The lowest BCUT2D eigenvalue weighted by molar-refractivity contribution is -0.221. The molecule has 0 heterocycles. The minimum absolute atomic E-state index is 0.195. The number of alkyl halides is 6. The Balaban J connectivity index is 3.23. The molecule has 250 valence electrons. The number of alkyl carbamates (subject to hydrolysis) is 1. The number of halogens is 7. The highest BCUT2D eigenvalue weighted by atomic mass is 127. The number of hydrogen-bond donors (Lipinski definition) is 7. The molecule has 1 rings (SSSR count). The number of aliphatic hydroxyl groups is 1. The third-order valence-electron chi connectivity index (χ3n) is 6.83. The Morgan fingerprint density at radius 3 is 1.75 bits per heavy atom. The SMILES string of the molecule is COC(=O)N[C@H](C(=O)NNC[C@H](O)[C@H](Cc1ccc(I)cc1)NC(=O)[C@@H](NC(=O)O)C(C)(C)C(F)(F)F)C(C)(C)C(F)(F)F. The van der Waals surface area contributed by atoms with E-state index in [0.717, 1.165) is 10.7 Å². The number of benzene rings is 1. The van der Waals surface area contributed by atoms with Gasteiger partial charge in [-0.3, -0.25) is 15.0 Å². The average molecular weight is 757 g/mol. The van der Waals surface area contributed by atoms with Crippen LogP contribution >= 0.6 is 22.6 Å². The normalized spacial score (nSPS) is 15.3. The van der Waals surface area contributed by atoms with Gasteiger partial charge in [0.25, 0.3) is 5.91 Å². The molecule has 0 unspecified atom stereocenters. The van der Waals surface area contributed by atoms with Crippen LogP contribution in [0.4, 0.5) is 35.9 Å². The Hall–Kier alpha value is -3.07. The molecule has 1 aromatic carbocycles. The Labute approximate surface area is 262 Å². The van der Waals surface area contributed by atoms with E-state index in [4.69, 9.17) is 5.11 Å². The van der Waals surface area contributed by atoms with Crippen LogP contribution in [0.25, 0.3) is 0 Å². The highest BCUT2D eigenvalue weighted by molar-refractivity contribution is 14.1. The maximum Gasteiger partial charge on any atom is 0.407 e. The Morgan fingerprint density at radius 2 is 1.32 bits per heavy atom. The molecule has 0 aromatic heterocycles. The van der Waals surface area contributed by atoms with Gasteiger partial charge >= 0.3 is 24.5 Å². The second-order valence-corrected chi connectivity index (χ2v) is 12.0. The van der Waals surface area contributed by atoms with E-state index < -0.39 is 78.0 Å². The molecule has 1 aromatic rings. The molecule has 4 amide bonds. The summed E-state index contributed by atoms with van der Waals surface area (Å²) in [7, 11) is 0.869. The standard InChI is InChI=1S/C25H34F6IN5O7/c1-22(2,24(26,27)28)16(35-20(41)42)18(39)34-14(10-12-6-8-13(32)9-7-12)15(38)11-33-37-19(40)17(36-21(43)44-5)23(3,4)25(29,30)31/h6-9,14-17,33,35,38H,10-11H2,1-5H3,(H,34,39)(H,36,43)(H,37,40)(H,41,42)/t14-,15-,16+,17+/m0/s1. The van der Waals surface area contributed by atoms with Gasteiger partial charge in [-0.2, -0.15) is 26.3 Å². The number of ether oxygens (including phenoxy) is 1. The fourth-order valence-electron chi connectivity index (χ4n) is 3.66. The van der Waals surface area contributed by atoms with Crippen molar-refractivity contribution in [1.82, 2.24) is 26.8 Å². The van der Waals surface area contributed by atoms with Gasteiger partial charge in [-0.1, -0.05) is 12.1 Å². The molecule has 19 heteroatoms. The van der Waals surface area contributed by atoms with Crippen LogP contribution in [0.15, 0.2) is 24.3 Å². The molecular weight excluding hydrogens is 723 g/mol. The van der Waals surface area contributed by atoms with Gasteiger partial charge in [-0.05, 0) is 74.4 Å². The van der Waals surface area contributed by atoms with Crippen LogP contribution in [0.3, 0.4) is 0 Å². The zero-order chi connectivity index (χ0) is 34.3. The van der Waals surface area contributed by atoms with Crippen LogP contribution in [0.1, 0.15) is 33.3 Å². The number of carboxylic acid groups (broad SMARTS) is 1. The van der Waals surface area contributed by atoms with Crippen molar-refractivity contribution >= 4 is 46.6 Å². The van der Waals surface area contributed by atoms with E-state index in [0.29, 0.717) is 33.3 Å². The fourth-order valence-corrected chi connectivity index (χ4v) is 4.02. The van der Waals surface area contributed by atoms with E-state index in [9.17, 15) is 50.6 Å². The number of amides is 4. The predicted molar refractivity (Wildman–Crippen MR) is 151 cm³/mol. The summed E-state index contributed by atoms with van der Waals surface area (Å²) in [5, 5.41) is 25.5. The Morgan fingerprint density at radius 1 is 0.841 bits per heavy atom. The van der Waals surface area contributed by atoms with Crippen LogP contribution in [0, 0.1) is 14.4 Å². The van der Waals surface area contributed by atoms with Crippen molar-refractivity contribution in [2.45, 2.75) is 70.7 Å². The Kier molecular flexibility index (Phi) is 13.5. The van der Waals surface area contributed by atoms with Crippen molar-refractivity contribution in [2.75, 3.05) is 13.7 Å². The zero-order valence-electron chi connectivity index (χ0n) is 24.1. The summed E-state index contributed by atoms with van der Waals surface area (Å²) in [6.07, 6.45) is -15.2. The predicted octanol–water partition coefficient (Wildman–Crippen LogP) is 2.84. The lowest BCUT2D eigenvalue weighted by atomic mass is 9.82. The molecule has 44 heavy (non-hydrogen) atoms. The van der Waals surface area contributed by atoms with Gasteiger partial charge < -0.3 is 30.9 Å². The minimum atomic E-state index is -5.04. The van der Waals surface area contributed by atoms with E-state index >= 15 is 0 Å². The van der Waals surface area contributed by atoms with Crippen LogP contribution in [-0.2, 0) is 20.7 Å². The maximum absolute atomic E-state index is 13.7. The van der Waals surface area contributed by atoms with Crippen molar-refractivity contribution in [2.24, 2.45) is 10.8 Å². The number of hydrazine groups is 1.